The van der Waals surface area contributed by atoms with Crippen molar-refractivity contribution in [3.05, 3.63) is 64.2 Å². The number of alkyl halides is 6. The molecular weight excluding hydrogens is 474 g/mol. The van der Waals surface area contributed by atoms with Crippen molar-refractivity contribution in [1.29, 1.82) is 0 Å². The summed E-state index contributed by atoms with van der Waals surface area (Å²) in [6, 6.07) is 6.32. The van der Waals surface area contributed by atoms with E-state index in [2.05, 4.69) is 17.3 Å². The van der Waals surface area contributed by atoms with Crippen molar-refractivity contribution >= 4 is 5.91 Å². The Hall–Kier alpha value is -2.75. The second-order valence-electron chi connectivity index (χ2n) is 9.18. The van der Waals surface area contributed by atoms with Crippen LogP contribution in [0.5, 0.6) is 5.75 Å². The van der Waals surface area contributed by atoms with Gasteiger partial charge in [0, 0.05) is 19.1 Å². The molecular formula is C25H26F6N2O2. The number of fused-ring (bicyclic) bond motifs is 1. The quantitative estimate of drug-likeness (QED) is 0.565. The van der Waals surface area contributed by atoms with Gasteiger partial charge in [0.15, 0.2) is 0 Å². The van der Waals surface area contributed by atoms with Crippen molar-refractivity contribution in [1.82, 2.24) is 10.2 Å². The van der Waals surface area contributed by atoms with Crippen LogP contribution >= 0.6 is 0 Å². The van der Waals surface area contributed by atoms with E-state index in [1.807, 2.05) is 18.2 Å². The van der Waals surface area contributed by atoms with E-state index in [1.54, 1.807) is 0 Å². The third kappa shape index (κ3) is 5.91. The number of hydrogen-bond acceptors (Lipinski definition) is 3. The summed E-state index contributed by atoms with van der Waals surface area (Å²) < 4.78 is 85.5. The van der Waals surface area contributed by atoms with Crippen LogP contribution in [0.25, 0.3) is 0 Å². The Kier molecular flexibility index (Phi) is 7.04. The zero-order valence-electron chi connectivity index (χ0n) is 19.1. The molecule has 4 rings (SSSR count). The van der Waals surface area contributed by atoms with Crippen molar-refractivity contribution in [3.8, 4) is 5.75 Å². The van der Waals surface area contributed by atoms with Gasteiger partial charge in [-0.05, 0) is 74.5 Å². The van der Waals surface area contributed by atoms with Crippen LogP contribution in [-0.2, 0) is 25.2 Å². The highest BCUT2D eigenvalue weighted by atomic mass is 19.4. The SMILES string of the molecule is CN1CCC(Oc2cccc3c2C[C@H](NC(=O)c2ccc(C(F)(F)F)cc2C(F)(F)F)CC3)CC1. The number of likely N-dealkylation sites (tertiary alicyclic amines) is 1. The molecule has 190 valence electrons. The summed E-state index contributed by atoms with van der Waals surface area (Å²) in [5.41, 5.74) is -1.92. The third-order valence-corrected chi connectivity index (χ3v) is 6.63. The second-order valence-corrected chi connectivity index (χ2v) is 9.18. The molecule has 0 aromatic heterocycles. The van der Waals surface area contributed by atoms with Crippen LogP contribution in [0.15, 0.2) is 36.4 Å². The topological polar surface area (TPSA) is 41.6 Å². The molecule has 4 nitrogen and oxygen atoms in total. The largest absolute Gasteiger partial charge is 0.490 e. The summed E-state index contributed by atoms with van der Waals surface area (Å²) in [4.78, 5) is 15.0. The number of rotatable bonds is 4. The number of ether oxygens (including phenoxy) is 1. The van der Waals surface area contributed by atoms with Gasteiger partial charge < -0.3 is 15.0 Å². The smallest absolute Gasteiger partial charge is 0.417 e. The molecule has 2 aliphatic rings. The average Bonchev–Trinajstić information content (AvgIpc) is 2.79. The predicted molar refractivity (Wildman–Crippen MR) is 117 cm³/mol. The van der Waals surface area contributed by atoms with Gasteiger partial charge >= 0.3 is 12.4 Å². The molecule has 0 bridgehead atoms. The summed E-state index contributed by atoms with van der Waals surface area (Å²) in [6.07, 6.45) is -6.76. The predicted octanol–water partition coefficient (Wildman–Crippen LogP) is 5.48. The standard InChI is InChI=1S/C25H26F6N2O2/c1-33-11-9-18(10-12-33)35-22-4-2-3-15-5-7-17(14-20(15)22)32-23(34)19-8-6-16(24(26,27)28)13-21(19)25(29,30)31/h2-4,6,8,13,17-18H,5,7,9-12,14H2,1H3,(H,32,34)/t17-/m1/s1. The summed E-state index contributed by atoms with van der Waals surface area (Å²) >= 11 is 0. The lowest BCUT2D eigenvalue weighted by Crippen LogP contribution is -2.40. The van der Waals surface area contributed by atoms with Crippen molar-refractivity contribution in [2.24, 2.45) is 0 Å². The number of halogens is 6. The first-order valence-electron chi connectivity index (χ1n) is 11.5. The van der Waals surface area contributed by atoms with E-state index < -0.39 is 41.0 Å². The number of aryl methyl sites for hydroxylation is 1. The molecule has 1 atom stereocenters. The average molecular weight is 500 g/mol. The molecule has 0 unspecified atom stereocenters. The Morgan fingerprint density at radius 2 is 1.71 bits per heavy atom. The number of nitrogens with zero attached hydrogens (tertiary/aromatic N) is 1. The number of carbonyl (C=O) groups excluding carboxylic acids is 1. The number of nitrogens with one attached hydrogen (secondary N) is 1. The van der Waals surface area contributed by atoms with Crippen molar-refractivity contribution in [2.45, 2.75) is 56.6 Å². The lowest BCUT2D eigenvalue weighted by Gasteiger charge is -2.32. The fourth-order valence-corrected chi connectivity index (χ4v) is 4.69. The Balaban J connectivity index is 1.51. The molecule has 1 heterocycles. The molecule has 1 fully saturated rings. The molecule has 35 heavy (non-hydrogen) atoms. The van der Waals surface area contributed by atoms with E-state index in [4.69, 9.17) is 4.74 Å². The maximum atomic E-state index is 13.5. The van der Waals surface area contributed by atoms with Gasteiger partial charge in [-0.3, -0.25) is 4.79 Å². The van der Waals surface area contributed by atoms with Gasteiger partial charge in [-0.25, -0.2) is 0 Å². The molecule has 1 N–H and O–H groups in total. The van der Waals surface area contributed by atoms with E-state index in [0.29, 0.717) is 37.1 Å². The molecule has 10 heteroatoms. The van der Waals surface area contributed by atoms with E-state index in [9.17, 15) is 31.1 Å². The first-order chi connectivity index (χ1) is 16.4. The zero-order valence-corrected chi connectivity index (χ0v) is 19.1. The van der Waals surface area contributed by atoms with Crippen LogP contribution in [-0.4, -0.2) is 43.1 Å². The van der Waals surface area contributed by atoms with Crippen LogP contribution in [0.3, 0.4) is 0 Å². The number of carbonyl (C=O) groups is 1. The Morgan fingerprint density at radius 3 is 2.37 bits per heavy atom. The Labute approximate surface area is 199 Å². The molecule has 1 amide bonds. The van der Waals surface area contributed by atoms with Crippen LogP contribution in [0.4, 0.5) is 26.3 Å². The lowest BCUT2D eigenvalue weighted by molar-refractivity contribution is -0.143. The summed E-state index contributed by atoms with van der Waals surface area (Å²) in [5, 5.41) is 2.60. The van der Waals surface area contributed by atoms with Gasteiger partial charge in [0.1, 0.15) is 11.9 Å². The molecule has 1 aliphatic heterocycles. The molecule has 0 radical (unpaired) electrons. The van der Waals surface area contributed by atoms with Crippen LogP contribution in [0.2, 0.25) is 0 Å². The monoisotopic (exact) mass is 500 g/mol. The highest BCUT2D eigenvalue weighted by Gasteiger charge is 2.40. The summed E-state index contributed by atoms with van der Waals surface area (Å²) in [7, 11) is 2.05. The van der Waals surface area contributed by atoms with Crippen LogP contribution in [0.1, 0.15) is 51.9 Å². The second kappa shape index (κ2) is 9.72. The fourth-order valence-electron chi connectivity index (χ4n) is 4.69. The molecule has 0 saturated carbocycles. The van der Waals surface area contributed by atoms with Crippen molar-refractivity contribution in [3.63, 3.8) is 0 Å². The number of hydrogen-bond donors (Lipinski definition) is 1. The minimum absolute atomic E-state index is 0.0152. The minimum atomic E-state index is -5.11. The van der Waals surface area contributed by atoms with Gasteiger partial charge in [-0.1, -0.05) is 12.1 Å². The van der Waals surface area contributed by atoms with Crippen molar-refractivity contribution < 1.29 is 35.9 Å². The van der Waals surface area contributed by atoms with Gasteiger partial charge in [-0.15, -0.1) is 0 Å². The zero-order chi connectivity index (χ0) is 25.4. The van der Waals surface area contributed by atoms with Gasteiger partial charge in [0.25, 0.3) is 5.91 Å². The number of amides is 1. The van der Waals surface area contributed by atoms with E-state index in [-0.39, 0.29) is 12.2 Å². The van der Waals surface area contributed by atoms with Crippen LogP contribution in [0, 0.1) is 0 Å². The molecule has 1 saturated heterocycles. The molecule has 2 aromatic rings. The van der Waals surface area contributed by atoms with Gasteiger partial charge in [0.05, 0.1) is 16.7 Å². The fraction of sp³-hybridized carbons (Fsp3) is 0.480. The Bertz CT molecular complexity index is 1070. The highest BCUT2D eigenvalue weighted by Crippen LogP contribution is 2.38. The normalized spacial score (nSPS) is 19.8. The van der Waals surface area contributed by atoms with Crippen LogP contribution < -0.4 is 10.1 Å². The molecule has 1 aliphatic carbocycles. The Morgan fingerprint density at radius 1 is 1.00 bits per heavy atom. The summed E-state index contributed by atoms with van der Waals surface area (Å²) in [5.74, 6) is -0.338. The van der Waals surface area contributed by atoms with E-state index >= 15 is 0 Å². The maximum Gasteiger partial charge on any atom is 0.417 e. The molecule has 0 spiro atoms. The van der Waals surface area contributed by atoms with Gasteiger partial charge in [0.2, 0.25) is 0 Å². The molecule has 2 aromatic carbocycles. The first kappa shape index (κ1) is 25.3. The highest BCUT2D eigenvalue weighted by molar-refractivity contribution is 5.96. The number of benzene rings is 2. The number of piperidine rings is 1. The summed E-state index contributed by atoms with van der Waals surface area (Å²) in [6.45, 7) is 1.85. The van der Waals surface area contributed by atoms with Gasteiger partial charge in [-0.2, -0.15) is 26.3 Å². The van der Waals surface area contributed by atoms with Crippen molar-refractivity contribution in [2.75, 3.05) is 20.1 Å². The first-order valence-corrected chi connectivity index (χ1v) is 11.5. The third-order valence-electron chi connectivity index (χ3n) is 6.63. The van der Waals surface area contributed by atoms with E-state index in [0.717, 1.165) is 37.1 Å². The van der Waals surface area contributed by atoms with E-state index in [1.165, 1.54) is 0 Å². The lowest BCUT2D eigenvalue weighted by atomic mass is 9.87. The maximum absolute atomic E-state index is 13.5. The minimum Gasteiger partial charge on any atom is -0.490 e.